The monoisotopic (exact) mass is 354 g/mol. The fourth-order valence-corrected chi connectivity index (χ4v) is 2.96. The van der Waals surface area contributed by atoms with Crippen LogP contribution in [0.25, 0.3) is 5.69 Å². The Hall–Kier alpha value is -2.80. The molecule has 0 aliphatic rings. The molecular weight excluding hydrogens is 336 g/mol. The average molecular weight is 354 g/mol. The highest BCUT2D eigenvalue weighted by Gasteiger charge is 2.17. The van der Waals surface area contributed by atoms with Crippen LogP contribution in [0.1, 0.15) is 16.2 Å². The maximum Gasteiger partial charge on any atom is 0.251 e. The minimum Gasteiger partial charge on any atom is -0.495 e. The molecule has 6 nitrogen and oxygen atoms in total. The number of hydrogen-bond acceptors (Lipinski definition) is 5. The molecule has 1 amide bonds. The summed E-state index contributed by atoms with van der Waals surface area (Å²) in [7, 11) is 1.62. The van der Waals surface area contributed by atoms with Crippen LogP contribution in [-0.4, -0.2) is 34.0 Å². The lowest BCUT2D eigenvalue weighted by Crippen LogP contribution is -2.24. The predicted octanol–water partition coefficient (Wildman–Crippen LogP) is 2.93. The molecular formula is C18H18N4O2S. The highest BCUT2D eigenvalue weighted by Crippen LogP contribution is 2.27. The first kappa shape index (κ1) is 17.0. The van der Waals surface area contributed by atoms with Gasteiger partial charge in [-0.25, -0.2) is 0 Å². The molecule has 2 aromatic carbocycles. The number of methoxy groups -OCH3 is 1. The van der Waals surface area contributed by atoms with E-state index in [1.165, 1.54) is 11.8 Å². The van der Waals surface area contributed by atoms with E-state index in [1.54, 1.807) is 19.2 Å². The molecule has 0 aliphatic heterocycles. The van der Waals surface area contributed by atoms with Gasteiger partial charge in [-0.05, 0) is 30.5 Å². The van der Waals surface area contributed by atoms with Crippen LogP contribution in [0.4, 0.5) is 0 Å². The highest BCUT2D eigenvalue weighted by molar-refractivity contribution is 7.98. The lowest BCUT2D eigenvalue weighted by Gasteiger charge is -2.13. The van der Waals surface area contributed by atoms with Gasteiger partial charge in [0.25, 0.3) is 5.91 Å². The minimum atomic E-state index is -0.152. The number of benzene rings is 2. The summed E-state index contributed by atoms with van der Waals surface area (Å²) in [4.78, 5) is 12.3. The van der Waals surface area contributed by atoms with Gasteiger partial charge in [0.2, 0.25) is 0 Å². The number of nitrogens with one attached hydrogen (secondary N) is 1. The van der Waals surface area contributed by atoms with Gasteiger partial charge in [-0.2, -0.15) is 0 Å². The standard InChI is InChI=1S/C18H18N4O2S/c1-24-15-11-7-6-10-14(15)22-16(20-21-18(22)25-2)12-19-17(23)13-8-4-3-5-9-13/h3-11H,12H2,1-2H3,(H,19,23). The molecule has 0 saturated carbocycles. The number of carbonyl (C=O) groups excluding carboxylic acids is 1. The van der Waals surface area contributed by atoms with Crippen LogP contribution in [-0.2, 0) is 6.54 Å². The van der Waals surface area contributed by atoms with Crippen LogP contribution < -0.4 is 10.1 Å². The van der Waals surface area contributed by atoms with E-state index in [2.05, 4.69) is 15.5 Å². The summed E-state index contributed by atoms with van der Waals surface area (Å²) in [6, 6.07) is 16.7. The molecule has 0 atom stereocenters. The van der Waals surface area contributed by atoms with Crippen molar-refractivity contribution in [3.05, 3.63) is 66.0 Å². The smallest absolute Gasteiger partial charge is 0.251 e. The van der Waals surface area contributed by atoms with Crippen molar-refractivity contribution in [2.24, 2.45) is 0 Å². The number of amides is 1. The van der Waals surface area contributed by atoms with E-state index >= 15 is 0 Å². The Morgan fingerprint density at radius 2 is 1.84 bits per heavy atom. The van der Waals surface area contributed by atoms with E-state index in [1.807, 2.05) is 53.3 Å². The van der Waals surface area contributed by atoms with Gasteiger partial charge in [0.15, 0.2) is 11.0 Å². The van der Waals surface area contributed by atoms with Crippen molar-refractivity contribution in [2.45, 2.75) is 11.7 Å². The van der Waals surface area contributed by atoms with E-state index in [4.69, 9.17) is 4.74 Å². The van der Waals surface area contributed by atoms with Crippen molar-refractivity contribution in [2.75, 3.05) is 13.4 Å². The number of rotatable bonds is 6. The quantitative estimate of drug-likeness (QED) is 0.689. The molecule has 0 bridgehead atoms. The Labute approximate surface area is 150 Å². The third kappa shape index (κ3) is 3.66. The van der Waals surface area contributed by atoms with Crippen molar-refractivity contribution in [1.82, 2.24) is 20.1 Å². The number of carbonyl (C=O) groups is 1. The van der Waals surface area contributed by atoms with Gasteiger partial charge in [-0.15, -0.1) is 10.2 Å². The fraction of sp³-hybridized carbons (Fsp3) is 0.167. The number of ether oxygens (including phenoxy) is 1. The Kier molecular flexibility index (Phi) is 5.35. The summed E-state index contributed by atoms with van der Waals surface area (Å²) in [5, 5.41) is 12.1. The number of thioether (sulfide) groups is 1. The second-order valence-corrected chi connectivity index (χ2v) is 5.93. The Balaban J connectivity index is 1.88. The van der Waals surface area contributed by atoms with Gasteiger partial charge in [0.1, 0.15) is 5.75 Å². The molecule has 0 aliphatic carbocycles. The average Bonchev–Trinajstić information content (AvgIpc) is 3.09. The van der Waals surface area contributed by atoms with E-state index in [0.717, 1.165) is 10.8 Å². The van der Waals surface area contributed by atoms with Crippen molar-refractivity contribution in [3.8, 4) is 11.4 Å². The topological polar surface area (TPSA) is 69.0 Å². The minimum absolute atomic E-state index is 0.152. The van der Waals surface area contributed by atoms with E-state index in [9.17, 15) is 4.79 Å². The maximum atomic E-state index is 12.3. The Bertz CT molecular complexity index is 865. The van der Waals surface area contributed by atoms with E-state index < -0.39 is 0 Å². The van der Waals surface area contributed by atoms with Gasteiger partial charge in [0, 0.05) is 5.56 Å². The van der Waals surface area contributed by atoms with Crippen LogP contribution in [0.3, 0.4) is 0 Å². The zero-order chi connectivity index (χ0) is 17.6. The molecule has 0 unspecified atom stereocenters. The molecule has 3 rings (SSSR count). The van der Waals surface area contributed by atoms with E-state index in [0.29, 0.717) is 17.1 Å². The third-order valence-electron chi connectivity index (χ3n) is 3.65. The van der Waals surface area contributed by atoms with Crippen molar-refractivity contribution in [3.63, 3.8) is 0 Å². The molecule has 0 radical (unpaired) electrons. The summed E-state index contributed by atoms with van der Waals surface area (Å²) >= 11 is 1.48. The molecule has 0 saturated heterocycles. The number of hydrogen-bond donors (Lipinski definition) is 1. The second-order valence-electron chi connectivity index (χ2n) is 5.16. The van der Waals surface area contributed by atoms with Crippen LogP contribution in [0.15, 0.2) is 59.8 Å². The van der Waals surface area contributed by atoms with Crippen molar-refractivity contribution < 1.29 is 9.53 Å². The highest BCUT2D eigenvalue weighted by atomic mass is 32.2. The van der Waals surface area contributed by atoms with Crippen LogP contribution in [0.2, 0.25) is 0 Å². The summed E-state index contributed by atoms with van der Waals surface area (Å²) in [6.07, 6.45) is 1.93. The molecule has 128 valence electrons. The molecule has 0 fully saturated rings. The largest absolute Gasteiger partial charge is 0.495 e. The van der Waals surface area contributed by atoms with Crippen LogP contribution in [0.5, 0.6) is 5.75 Å². The first-order chi connectivity index (χ1) is 12.2. The Morgan fingerprint density at radius 1 is 1.12 bits per heavy atom. The zero-order valence-corrected chi connectivity index (χ0v) is 14.8. The molecule has 7 heteroatoms. The second kappa shape index (κ2) is 7.85. The number of nitrogens with zero attached hydrogens (tertiary/aromatic N) is 3. The molecule has 1 N–H and O–H groups in total. The SMILES string of the molecule is COc1ccccc1-n1c(CNC(=O)c2ccccc2)nnc1SC. The van der Waals surface area contributed by atoms with Gasteiger partial charge in [0.05, 0.1) is 19.3 Å². The Morgan fingerprint density at radius 3 is 2.56 bits per heavy atom. The lowest BCUT2D eigenvalue weighted by atomic mass is 10.2. The van der Waals surface area contributed by atoms with E-state index in [-0.39, 0.29) is 12.5 Å². The van der Waals surface area contributed by atoms with Crippen molar-refractivity contribution in [1.29, 1.82) is 0 Å². The molecule has 1 heterocycles. The lowest BCUT2D eigenvalue weighted by molar-refractivity contribution is 0.0949. The fourth-order valence-electron chi connectivity index (χ4n) is 2.45. The van der Waals surface area contributed by atoms with Crippen LogP contribution >= 0.6 is 11.8 Å². The van der Waals surface area contributed by atoms with Gasteiger partial charge in [-0.3, -0.25) is 9.36 Å². The summed E-state index contributed by atoms with van der Waals surface area (Å²) < 4.78 is 7.34. The number of para-hydroxylation sites is 2. The van der Waals surface area contributed by atoms with Gasteiger partial charge >= 0.3 is 0 Å². The van der Waals surface area contributed by atoms with Gasteiger partial charge in [-0.1, -0.05) is 42.1 Å². The normalized spacial score (nSPS) is 10.5. The van der Waals surface area contributed by atoms with Gasteiger partial charge < -0.3 is 10.1 Å². The van der Waals surface area contributed by atoms with Crippen LogP contribution in [0, 0.1) is 0 Å². The maximum absolute atomic E-state index is 12.3. The first-order valence-electron chi connectivity index (χ1n) is 7.69. The summed E-state index contributed by atoms with van der Waals surface area (Å²) in [5.41, 5.74) is 1.44. The summed E-state index contributed by atoms with van der Waals surface area (Å²) in [6.45, 7) is 0.263. The third-order valence-corrected chi connectivity index (χ3v) is 4.28. The molecule has 0 spiro atoms. The molecule has 25 heavy (non-hydrogen) atoms. The summed E-state index contributed by atoms with van der Waals surface area (Å²) in [5.74, 6) is 1.20. The first-order valence-corrected chi connectivity index (χ1v) is 8.92. The molecule has 3 aromatic rings. The van der Waals surface area contributed by atoms with Crippen molar-refractivity contribution >= 4 is 17.7 Å². The predicted molar refractivity (Wildman–Crippen MR) is 97.3 cm³/mol. The number of aromatic nitrogens is 3. The molecule has 1 aromatic heterocycles. The zero-order valence-electron chi connectivity index (χ0n) is 14.0.